The molecule has 0 saturated carbocycles. The quantitative estimate of drug-likeness (QED) is 0.798. The SMILES string of the molecule is CCCNC(C)(C#N)CN1CCCCCCC1. The molecule has 1 saturated heterocycles. The van der Waals surface area contributed by atoms with E-state index in [2.05, 4.69) is 23.2 Å². The van der Waals surface area contributed by atoms with Crippen LogP contribution in [0.25, 0.3) is 0 Å². The molecule has 0 spiro atoms. The van der Waals surface area contributed by atoms with Gasteiger partial charge in [-0.2, -0.15) is 5.26 Å². The first-order chi connectivity index (χ1) is 8.20. The fraction of sp³-hybridized carbons (Fsp3) is 0.929. The summed E-state index contributed by atoms with van der Waals surface area (Å²) >= 11 is 0. The van der Waals surface area contributed by atoms with Crippen LogP contribution in [0.3, 0.4) is 0 Å². The predicted octanol–water partition coefficient (Wildman–Crippen LogP) is 2.53. The van der Waals surface area contributed by atoms with Gasteiger partial charge in [-0.3, -0.25) is 5.32 Å². The summed E-state index contributed by atoms with van der Waals surface area (Å²) in [4.78, 5) is 2.46. The molecule has 1 aliphatic heterocycles. The fourth-order valence-electron chi connectivity index (χ4n) is 2.45. The summed E-state index contributed by atoms with van der Waals surface area (Å²) in [6.45, 7) is 8.28. The Morgan fingerprint density at radius 3 is 2.29 bits per heavy atom. The molecule has 0 radical (unpaired) electrons. The Kier molecular flexibility index (Phi) is 6.54. The Morgan fingerprint density at radius 2 is 1.76 bits per heavy atom. The van der Waals surface area contributed by atoms with Gasteiger partial charge >= 0.3 is 0 Å². The molecular weight excluding hydrogens is 210 g/mol. The van der Waals surface area contributed by atoms with Gasteiger partial charge in [-0.05, 0) is 45.8 Å². The lowest BCUT2D eigenvalue weighted by Gasteiger charge is -2.32. The smallest absolute Gasteiger partial charge is 0.116 e. The number of nitrogens with one attached hydrogen (secondary N) is 1. The van der Waals surface area contributed by atoms with E-state index in [1.165, 1.54) is 32.1 Å². The molecule has 0 amide bonds. The third kappa shape index (κ3) is 5.52. The summed E-state index contributed by atoms with van der Waals surface area (Å²) in [5.74, 6) is 0. The van der Waals surface area contributed by atoms with Gasteiger partial charge in [0, 0.05) is 6.54 Å². The lowest BCUT2D eigenvalue weighted by molar-refractivity contribution is 0.203. The Labute approximate surface area is 106 Å². The van der Waals surface area contributed by atoms with Gasteiger partial charge in [0.1, 0.15) is 5.54 Å². The van der Waals surface area contributed by atoms with Crippen LogP contribution in [0.2, 0.25) is 0 Å². The van der Waals surface area contributed by atoms with Gasteiger partial charge in [0.15, 0.2) is 0 Å². The Balaban J connectivity index is 2.44. The number of rotatable bonds is 5. The monoisotopic (exact) mass is 237 g/mol. The van der Waals surface area contributed by atoms with Gasteiger partial charge in [-0.15, -0.1) is 0 Å². The fourth-order valence-corrected chi connectivity index (χ4v) is 2.45. The molecule has 1 unspecified atom stereocenters. The van der Waals surface area contributed by atoms with Crippen LogP contribution in [0.15, 0.2) is 0 Å². The standard InChI is InChI=1S/C14H27N3/c1-3-9-16-14(2,12-15)13-17-10-7-5-4-6-8-11-17/h16H,3-11,13H2,1-2H3. The zero-order chi connectivity index (χ0) is 12.6. The highest BCUT2D eigenvalue weighted by Crippen LogP contribution is 2.13. The molecule has 1 fully saturated rings. The number of likely N-dealkylation sites (tertiary alicyclic amines) is 1. The maximum atomic E-state index is 9.33. The summed E-state index contributed by atoms with van der Waals surface area (Å²) in [5, 5.41) is 12.7. The molecule has 1 aliphatic rings. The van der Waals surface area contributed by atoms with Gasteiger partial charge in [0.2, 0.25) is 0 Å². The summed E-state index contributed by atoms with van der Waals surface area (Å²) in [7, 11) is 0. The third-order valence-corrected chi connectivity index (χ3v) is 3.50. The first-order valence-corrected chi connectivity index (χ1v) is 7.09. The minimum absolute atomic E-state index is 0.380. The highest BCUT2D eigenvalue weighted by atomic mass is 15.2. The van der Waals surface area contributed by atoms with Gasteiger partial charge < -0.3 is 4.90 Å². The molecule has 98 valence electrons. The second-order valence-electron chi connectivity index (χ2n) is 5.41. The molecule has 1 atom stereocenters. The number of hydrogen-bond donors (Lipinski definition) is 1. The van der Waals surface area contributed by atoms with Crippen molar-refractivity contribution in [3.8, 4) is 6.07 Å². The van der Waals surface area contributed by atoms with Crippen LogP contribution in [0.4, 0.5) is 0 Å². The lowest BCUT2D eigenvalue weighted by Crippen LogP contribution is -2.51. The van der Waals surface area contributed by atoms with Crippen LogP contribution < -0.4 is 5.32 Å². The zero-order valence-electron chi connectivity index (χ0n) is 11.5. The number of nitriles is 1. The molecule has 0 bridgehead atoms. The highest BCUT2D eigenvalue weighted by molar-refractivity contribution is 5.05. The minimum Gasteiger partial charge on any atom is -0.300 e. The van der Waals surface area contributed by atoms with Crippen molar-refractivity contribution in [3.05, 3.63) is 0 Å². The molecule has 3 heteroatoms. The van der Waals surface area contributed by atoms with Gasteiger partial charge in [0.25, 0.3) is 0 Å². The Morgan fingerprint density at radius 1 is 1.18 bits per heavy atom. The first-order valence-electron chi connectivity index (χ1n) is 7.09. The van der Waals surface area contributed by atoms with E-state index >= 15 is 0 Å². The number of nitrogens with zero attached hydrogens (tertiary/aromatic N) is 2. The van der Waals surface area contributed by atoms with Crippen molar-refractivity contribution in [2.45, 2.75) is 57.9 Å². The molecule has 0 aromatic rings. The van der Waals surface area contributed by atoms with Gasteiger partial charge in [-0.25, -0.2) is 0 Å². The van der Waals surface area contributed by atoms with E-state index in [0.29, 0.717) is 0 Å². The maximum absolute atomic E-state index is 9.33. The van der Waals surface area contributed by atoms with Crippen molar-refractivity contribution in [2.24, 2.45) is 0 Å². The van der Waals surface area contributed by atoms with E-state index in [9.17, 15) is 5.26 Å². The summed E-state index contributed by atoms with van der Waals surface area (Å²) in [5.41, 5.74) is -0.380. The third-order valence-electron chi connectivity index (χ3n) is 3.50. The summed E-state index contributed by atoms with van der Waals surface area (Å²) in [6, 6.07) is 2.44. The average Bonchev–Trinajstić information content (AvgIpc) is 2.30. The average molecular weight is 237 g/mol. The predicted molar refractivity (Wildman–Crippen MR) is 71.8 cm³/mol. The van der Waals surface area contributed by atoms with Crippen LogP contribution in [0.5, 0.6) is 0 Å². The molecule has 3 nitrogen and oxygen atoms in total. The van der Waals surface area contributed by atoms with Crippen LogP contribution in [-0.2, 0) is 0 Å². The van der Waals surface area contributed by atoms with Crippen LogP contribution in [0.1, 0.15) is 52.4 Å². The largest absolute Gasteiger partial charge is 0.300 e. The van der Waals surface area contributed by atoms with E-state index in [1.807, 2.05) is 6.92 Å². The van der Waals surface area contributed by atoms with E-state index in [0.717, 1.165) is 32.6 Å². The Hall–Kier alpha value is -0.590. The van der Waals surface area contributed by atoms with Gasteiger partial charge in [-0.1, -0.05) is 26.2 Å². The summed E-state index contributed by atoms with van der Waals surface area (Å²) < 4.78 is 0. The van der Waals surface area contributed by atoms with Crippen molar-refractivity contribution < 1.29 is 0 Å². The lowest BCUT2D eigenvalue weighted by atomic mass is 10.0. The maximum Gasteiger partial charge on any atom is 0.116 e. The second-order valence-corrected chi connectivity index (χ2v) is 5.41. The van der Waals surface area contributed by atoms with Crippen molar-refractivity contribution in [2.75, 3.05) is 26.2 Å². The molecule has 1 heterocycles. The normalized spacial score (nSPS) is 22.2. The van der Waals surface area contributed by atoms with Crippen molar-refractivity contribution in [3.63, 3.8) is 0 Å². The van der Waals surface area contributed by atoms with Crippen molar-refractivity contribution in [1.29, 1.82) is 5.26 Å². The van der Waals surface area contributed by atoms with E-state index in [1.54, 1.807) is 0 Å². The van der Waals surface area contributed by atoms with Crippen LogP contribution in [-0.4, -0.2) is 36.6 Å². The summed E-state index contributed by atoms with van der Waals surface area (Å²) in [6.07, 6.45) is 7.74. The van der Waals surface area contributed by atoms with E-state index in [4.69, 9.17) is 0 Å². The molecule has 1 N–H and O–H groups in total. The van der Waals surface area contributed by atoms with Crippen molar-refractivity contribution in [1.82, 2.24) is 10.2 Å². The van der Waals surface area contributed by atoms with Gasteiger partial charge in [0.05, 0.1) is 6.07 Å². The number of hydrogen-bond acceptors (Lipinski definition) is 3. The first kappa shape index (κ1) is 14.5. The molecule has 17 heavy (non-hydrogen) atoms. The Bertz CT molecular complexity index is 238. The topological polar surface area (TPSA) is 39.1 Å². The second kappa shape index (κ2) is 7.68. The molecular formula is C14H27N3. The molecule has 0 aromatic carbocycles. The molecule has 0 aromatic heterocycles. The minimum atomic E-state index is -0.380. The highest BCUT2D eigenvalue weighted by Gasteiger charge is 2.25. The van der Waals surface area contributed by atoms with Crippen LogP contribution in [0, 0.1) is 11.3 Å². The van der Waals surface area contributed by atoms with Crippen molar-refractivity contribution >= 4 is 0 Å². The van der Waals surface area contributed by atoms with E-state index < -0.39 is 0 Å². The molecule has 0 aliphatic carbocycles. The van der Waals surface area contributed by atoms with Crippen LogP contribution >= 0.6 is 0 Å². The molecule has 1 rings (SSSR count). The zero-order valence-corrected chi connectivity index (χ0v) is 11.5. The van der Waals surface area contributed by atoms with E-state index in [-0.39, 0.29) is 5.54 Å².